The number of alkyl halides is 3. The molecular weight excluding hydrogens is 303 g/mol. The predicted molar refractivity (Wildman–Crippen MR) is 72.2 cm³/mol. The molecule has 1 saturated heterocycles. The Kier molecular flexibility index (Phi) is 3.47. The minimum absolute atomic E-state index is 0.324. The van der Waals surface area contributed by atoms with E-state index in [0.29, 0.717) is 35.0 Å². The normalized spacial score (nSPS) is 19.7. The summed E-state index contributed by atoms with van der Waals surface area (Å²) in [6.07, 6.45) is -4.90. The monoisotopic (exact) mass is 313 g/mol. The largest absolute Gasteiger partial charge is 0.416 e. The third-order valence-corrected chi connectivity index (χ3v) is 4.28. The van der Waals surface area contributed by atoms with Gasteiger partial charge in [0.1, 0.15) is 0 Å². The van der Waals surface area contributed by atoms with E-state index in [1.807, 2.05) is 11.0 Å². The molecule has 0 spiro atoms. The molecule has 0 N–H and O–H groups in total. The second-order valence-electron chi connectivity index (χ2n) is 4.61. The number of hydrogen-bond donors (Lipinski definition) is 0. The molecule has 1 aromatic carbocycles. The second-order valence-corrected chi connectivity index (χ2v) is 5.62. The minimum atomic E-state index is -4.37. The summed E-state index contributed by atoms with van der Waals surface area (Å²) in [5.41, 5.74) is -0.381. The number of aromatic nitrogens is 1. The molecule has 3 rings (SSSR count). The Morgan fingerprint density at radius 2 is 2.24 bits per heavy atom. The summed E-state index contributed by atoms with van der Waals surface area (Å²) in [6, 6.07) is 5.57. The molecule has 0 radical (unpaired) electrons. The first-order valence-corrected chi connectivity index (χ1v) is 7.03. The average molecular weight is 313 g/mol. The quantitative estimate of drug-likeness (QED) is 0.812. The van der Waals surface area contributed by atoms with Crippen molar-refractivity contribution in [3.8, 4) is 6.07 Å². The highest BCUT2D eigenvalue weighted by molar-refractivity contribution is 7.22. The highest BCUT2D eigenvalue weighted by Gasteiger charge is 2.31. The minimum Gasteiger partial charge on any atom is -0.360 e. The number of ether oxygens (including phenoxy) is 1. The molecule has 0 aliphatic carbocycles. The van der Waals surface area contributed by atoms with Crippen molar-refractivity contribution in [2.24, 2.45) is 0 Å². The van der Waals surface area contributed by atoms with Crippen LogP contribution in [0.15, 0.2) is 18.2 Å². The van der Waals surface area contributed by atoms with Gasteiger partial charge in [0.05, 0.1) is 35.0 Å². The van der Waals surface area contributed by atoms with Gasteiger partial charge in [0.2, 0.25) is 0 Å². The summed E-state index contributed by atoms with van der Waals surface area (Å²) in [5, 5.41) is 9.50. The van der Waals surface area contributed by atoms with Crippen LogP contribution in [0.2, 0.25) is 0 Å². The van der Waals surface area contributed by atoms with Crippen LogP contribution >= 0.6 is 11.3 Å². The maximum absolute atomic E-state index is 12.7. The van der Waals surface area contributed by atoms with Crippen LogP contribution in [0.5, 0.6) is 0 Å². The summed E-state index contributed by atoms with van der Waals surface area (Å²) in [6.45, 7) is 1.36. The molecule has 1 aliphatic heterocycles. The van der Waals surface area contributed by atoms with Crippen molar-refractivity contribution in [2.75, 3.05) is 24.6 Å². The Hall–Kier alpha value is -1.85. The van der Waals surface area contributed by atoms with Crippen LogP contribution in [0.1, 0.15) is 5.56 Å². The van der Waals surface area contributed by atoms with Crippen LogP contribution in [0.25, 0.3) is 10.2 Å². The van der Waals surface area contributed by atoms with Crippen LogP contribution in [0.3, 0.4) is 0 Å². The summed E-state index contributed by atoms with van der Waals surface area (Å²) >= 11 is 1.32. The summed E-state index contributed by atoms with van der Waals surface area (Å²) in [7, 11) is 0. The van der Waals surface area contributed by atoms with Gasteiger partial charge in [-0.05, 0) is 18.2 Å². The highest BCUT2D eigenvalue weighted by Crippen LogP contribution is 2.35. The van der Waals surface area contributed by atoms with Gasteiger partial charge < -0.3 is 9.64 Å². The Labute approximate surface area is 122 Å². The van der Waals surface area contributed by atoms with Gasteiger partial charge >= 0.3 is 6.18 Å². The van der Waals surface area contributed by atoms with E-state index in [-0.39, 0.29) is 0 Å². The lowest BCUT2D eigenvalue weighted by atomic mass is 10.2. The fraction of sp³-hybridized carbons (Fsp3) is 0.385. The number of hydrogen-bond acceptors (Lipinski definition) is 5. The van der Waals surface area contributed by atoms with Gasteiger partial charge in [0.25, 0.3) is 0 Å². The number of nitriles is 1. The highest BCUT2D eigenvalue weighted by atomic mass is 32.1. The topological polar surface area (TPSA) is 49.2 Å². The number of fused-ring (bicyclic) bond motifs is 1. The molecular formula is C13H10F3N3OS. The first kappa shape index (κ1) is 14.1. The Bertz CT molecular complexity index is 707. The number of benzene rings is 1. The molecule has 21 heavy (non-hydrogen) atoms. The van der Waals surface area contributed by atoms with E-state index in [0.717, 1.165) is 12.1 Å². The molecule has 1 atom stereocenters. The number of anilines is 1. The molecule has 2 heterocycles. The lowest BCUT2D eigenvalue weighted by Crippen LogP contribution is -2.41. The van der Waals surface area contributed by atoms with Crippen molar-refractivity contribution in [1.82, 2.24) is 4.98 Å². The van der Waals surface area contributed by atoms with E-state index in [1.54, 1.807) is 0 Å². The van der Waals surface area contributed by atoms with Crippen molar-refractivity contribution in [3.05, 3.63) is 23.8 Å². The van der Waals surface area contributed by atoms with Gasteiger partial charge in [-0.2, -0.15) is 18.4 Å². The van der Waals surface area contributed by atoms with Gasteiger partial charge in [0, 0.05) is 6.54 Å². The van der Waals surface area contributed by atoms with Gasteiger partial charge in [-0.3, -0.25) is 0 Å². The van der Waals surface area contributed by atoms with E-state index in [1.165, 1.54) is 17.4 Å². The Balaban J connectivity index is 1.92. The van der Waals surface area contributed by atoms with E-state index < -0.39 is 17.8 Å². The lowest BCUT2D eigenvalue weighted by molar-refractivity contribution is -0.137. The van der Waals surface area contributed by atoms with Gasteiger partial charge in [-0.1, -0.05) is 11.3 Å². The zero-order chi connectivity index (χ0) is 15.0. The molecule has 1 fully saturated rings. The Morgan fingerprint density at radius 1 is 1.43 bits per heavy atom. The van der Waals surface area contributed by atoms with Crippen LogP contribution in [0.4, 0.5) is 18.3 Å². The predicted octanol–water partition coefficient (Wildman–Crippen LogP) is 3.04. The summed E-state index contributed by atoms with van der Waals surface area (Å²) < 4.78 is 44.0. The van der Waals surface area contributed by atoms with Crippen LogP contribution in [-0.2, 0) is 10.9 Å². The van der Waals surface area contributed by atoms with Crippen molar-refractivity contribution < 1.29 is 17.9 Å². The van der Waals surface area contributed by atoms with Gasteiger partial charge in [-0.15, -0.1) is 0 Å². The van der Waals surface area contributed by atoms with Crippen LogP contribution in [0, 0.1) is 11.3 Å². The third kappa shape index (κ3) is 2.80. The molecule has 1 aliphatic rings. The number of halogens is 3. The van der Waals surface area contributed by atoms with Crippen molar-refractivity contribution in [1.29, 1.82) is 5.26 Å². The maximum atomic E-state index is 12.7. The number of thiazole rings is 1. The first-order valence-electron chi connectivity index (χ1n) is 6.21. The molecule has 0 bridgehead atoms. The zero-order valence-corrected chi connectivity index (χ0v) is 11.5. The van der Waals surface area contributed by atoms with Gasteiger partial charge in [-0.25, -0.2) is 4.98 Å². The summed E-state index contributed by atoms with van der Waals surface area (Å²) in [5.74, 6) is 0. The van der Waals surface area contributed by atoms with Gasteiger partial charge in [0.15, 0.2) is 11.2 Å². The molecule has 0 amide bonds. The smallest absolute Gasteiger partial charge is 0.360 e. The van der Waals surface area contributed by atoms with E-state index in [4.69, 9.17) is 10.00 Å². The number of morpholine rings is 1. The fourth-order valence-electron chi connectivity index (χ4n) is 2.13. The molecule has 4 nitrogen and oxygen atoms in total. The van der Waals surface area contributed by atoms with Crippen LogP contribution in [-0.4, -0.2) is 30.8 Å². The molecule has 1 aromatic heterocycles. The van der Waals surface area contributed by atoms with Crippen molar-refractivity contribution in [3.63, 3.8) is 0 Å². The van der Waals surface area contributed by atoms with Crippen molar-refractivity contribution >= 4 is 26.7 Å². The van der Waals surface area contributed by atoms with E-state index >= 15 is 0 Å². The number of rotatable bonds is 1. The average Bonchev–Trinajstić information content (AvgIpc) is 2.89. The molecule has 1 unspecified atom stereocenters. The molecule has 8 heteroatoms. The first-order chi connectivity index (χ1) is 9.97. The second kappa shape index (κ2) is 5.16. The molecule has 110 valence electrons. The molecule has 2 aromatic rings. The zero-order valence-electron chi connectivity index (χ0n) is 10.7. The van der Waals surface area contributed by atoms with Crippen LogP contribution < -0.4 is 4.90 Å². The lowest BCUT2D eigenvalue weighted by Gasteiger charge is -2.29. The Morgan fingerprint density at radius 3 is 2.95 bits per heavy atom. The standard InChI is InChI=1S/C13H10F3N3OS/c14-13(15,16)8-1-2-11-10(5-8)18-12(21-11)19-3-4-20-9(6-17)7-19/h1-2,5,9H,3-4,7H2. The SMILES string of the molecule is N#CC1CN(c2nc3cc(C(F)(F)F)ccc3s2)CCO1. The summed E-state index contributed by atoms with van der Waals surface area (Å²) in [4.78, 5) is 6.13. The van der Waals surface area contributed by atoms with Crippen molar-refractivity contribution in [2.45, 2.75) is 12.3 Å². The maximum Gasteiger partial charge on any atom is 0.416 e. The fourth-order valence-corrected chi connectivity index (χ4v) is 3.11. The van der Waals surface area contributed by atoms with E-state index in [9.17, 15) is 13.2 Å². The third-order valence-electron chi connectivity index (χ3n) is 3.18. The van der Waals surface area contributed by atoms with E-state index in [2.05, 4.69) is 4.98 Å². The number of nitrogens with zero attached hydrogens (tertiary/aromatic N) is 3. The molecule has 0 saturated carbocycles.